The van der Waals surface area contributed by atoms with Gasteiger partial charge in [0.25, 0.3) is 0 Å². The van der Waals surface area contributed by atoms with E-state index in [1.807, 2.05) is 29.9 Å². The van der Waals surface area contributed by atoms with E-state index < -0.39 is 6.09 Å². The van der Waals surface area contributed by atoms with Crippen LogP contribution in [0.3, 0.4) is 0 Å². The highest BCUT2D eigenvalue weighted by atomic mass is 32.1. The van der Waals surface area contributed by atoms with Gasteiger partial charge in [-0.1, -0.05) is 0 Å². The first-order chi connectivity index (χ1) is 9.13. The second-order valence-corrected chi connectivity index (χ2v) is 4.71. The zero-order chi connectivity index (χ0) is 13.8. The zero-order valence-corrected chi connectivity index (χ0v) is 11.7. The summed E-state index contributed by atoms with van der Waals surface area (Å²) in [6, 6.07) is 1.99. The van der Waals surface area contributed by atoms with Gasteiger partial charge in [-0.05, 0) is 19.9 Å². The highest BCUT2D eigenvalue weighted by molar-refractivity contribution is 7.12. The van der Waals surface area contributed by atoms with E-state index in [1.54, 1.807) is 23.7 Å². The van der Waals surface area contributed by atoms with Crippen molar-refractivity contribution < 1.29 is 9.53 Å². The van der Waals surface area contributed by atoms with Gasteiger partial charge in [-0.15, -0.1) is 11.3 Å². The first kappa shape index (κ1) is 13.3. The van der Waals surface area contributed by atoms with Crippen LogP contribution >= 0.6 is 11.3 Å². The number of hydrogen-bond donors (Lipinski definition) is 1. The van der Waals surface area contributed by atoms with Gasteiger partial charge in [-0.3, -0.25) is 4.57 Å². The van der Waals surface area contributed by atoms with Gasteiger partial charge < -0.3 is 4.74 Å². The number of carbonyl (C=O) groups is 1. The minimum atomic E-state index is -0.593. The summed E-state index contributed by atoms with van der Waals surface area (Å²) in [5, 5.41) is 6.67. The molecule has 1 N–H and O–H groups in total. The fourth-order valence-corrected chi connectivity index (χ4v) is 2.49. The first-order valence-electron chi connectivity index (χ1n) is 5.59. The smallest absolute Gasteiger partial charge is 0.427 e. The molecule has 7 heteroatoms. The van der Waals surface area contributed by atoms with Crippen LogP contribution in [0, 0.1) is 13.8 Å². The standard InChI is InChI=1S/C12H14N4O2S/c1-8-6-10(7-14-15-12(17)18-3)9(2)16(8)11-13-4-5-19-11/h4-7H,1-3H3,(H,15,17)/b14-7-. The van der Waals surface area contributed by atoms with Gasteiger partial charge in [0.05, 0.1) is 13.3 Å². The van der Waals surface area contributed by atoms with Crippen molar-refractivity contribution in [3.8, 4) is 5.13 Å². The molecule has 0 bridgehead atoms. The largest absolute Gasteiger partial charge is 0.452 e. The predicted octanol–water partition coefficient (Wildman–Crippen LogP) is 2.24. The summed E-state index contributed by atoms with van der Waals surface area (Å²) in [5.41, 5.74) is 5.26. The van der Waals surface area contributed by atoms with E-state index in [2.05, 4.69) is 20.2 Å². The Hall–Kier alpha value is -2.15. The molecule has 1 amide bonds. The Morgan fingerprint density at radius 2 is 2.37 bits per heavy atom. The molecule has 2 aromatic heterocycles. The summed E-state index contributed by atoms with van der Waals surface area (Å²) in [6.07, 6.45) is 2.76. The van der Waals surface area contributed by atoms with E-state index in [4.69, 9.17) is 0 Å². The molecule has 0 unspecified atom stereocenters. The Morgan fingerprint density at radius 3 is 3.00 bits per heavy atom. The molecular formula is C12H14N4O2S. The van der Waals surface area contributed by atoms with Crippen molar-refractivity contribution in [2.75, 3.05) is 7.11 Å². The molecule has 2 rings (SSSR count). The molecule has 0 spiro atoms. The number of rotatable bonds is 3. The van der Waals surface area contributed by atoms with E-state index in [-0.39, 0.29) is 0 Å². The molecule has 0 aliphatic heterocycles. The lowest BCUT2D eigenvalue weighted by Crippen LogP contribution is -2.16. The summed E-state index contributed by atoms with van der Waals surface area (Å²) in [5.74, 6) is 0. The summed E-state index contributed by atoms with van der Waals surface area (Å²) in [4.78, 5) is 15.2. The molecule has 0 atom stereocenters. The fraction of sp³-hybridized carbons (Fsp3) is 0.250. The Bertz CT molecular complexity index is 602. The van der Waals surface area contributed by atoms with Gasteiger partial charge in [-0.25, -0.2) is 15.2 Å². The van der Waals surface area contributed by atoms with Crippen molar-refractivity contribution in [1.82, 2.24) is 15.0 Å². The lowest BCUT2D eigenvalue weighted by Gasteiger charge is -2.04. The molecule has 0 aliphatic carbocycles. The summed E-state index contributed by atoms with van der Waals surface area (Å²) < 4.78 is 6.47. The molecule has 0 radical (unpaired) electrons. The number of amides is 1. The maximum atomic E-state index is 10.9. The van der Waals surface area contributed by atoms with E-state index in [0.717, 1.165) is 22.1 Å². The van der Waals surface area contributed by atoms with Crippen LogP contribution in [0.25, 0.3) is 5.13 Å². The normalized spacial score (nSPS) is 10.9. The number of ether oxygens (including phenoxy) is 1. The van der Waals surface area contributed by atoms with Gasteiger partial charge in [0.2, 0.25) is 0 Å². The lowest BCUT2D eigenvalue weighted by molar-refractivity contribution is 0.171. The van der Waals surface area contributed by atoms with E-state index in [1.165, 1.54) is 7.11 Å². The van der Waals surface area contributed by atoms with Gasteiger partial charge in [0.15, 0.2) is 5.13 Å². The van der Waals surface area contributed by atoms with Crippen LogP contribution in [-0.4, -0.2) is 29.0 Å². The van der Waals surface area contributed by atoms with Crippen molar-refractivity contribution in [3.05, 3.63) is 34.6 Å². The minimum absolute atomic E-state index is 0.593. The molecule has 0 saturated heterocycles. The highest BCUT2D eigenvalue weighted by Gasteiger charge is 2.10. The zero-order valence-electron chi connectivity index (χ0n) is 10.9. The molecule has 2 heterocycles. The van der Waals surface area contributed by atoms with Gasteiger partial charge in [0.1, 0.15) is 0 Å². The van der Waals surface area contributed by atoms with Crippen molar-refractivity contribution in [3.63, 3.8) is 0 Å². The van der Waals surface area contributed by atoms with Gasteiger partial charge >= 0.3 is 6.09 Å². The molecule has 0 fully saturated rings. The lowest BCUT2D eigenvalue weighted by atomic mass is 10.3. The second kappa shape index (κ2) is 5.66. The maximum Gasteiger partial charge on any atom is 0.427 e. The van der Waals surface area contributed by atoms with Crippen LogP contribution < -0.4 is 5.43 Å². The topological polar surface area (TPSA) is 68.5 Å². The SMILES string of the molecule is COC(=O)N/N=C\c1cc(C)n(-c2nccs2)c1C. The number of methoxy groups -OCH3 is 1. The summed E-state index contributed by atoms with van der Waals surface area (Å²) >= 11 is 1.57. The van der Waals surface area contributed by atoms with E-state index >= 15 is 0 Å². The fourth-order valence-electron chi connectivity index (χ4n) is 1.74. The molecule has 2 aromatic rings. The first-order valence-corrected chi connectivity index (χ1v) is 6.47. The summed E-state index contributed by atoms with van der Waals surface area (Å²) in [7, 11) is 1.29. The third-order valence-corrected chi connectivity index (χ3v) is 3.38. The van der Waals surface area contributed by atoms with Crippen LogP contribution in [0.2, 0.25) is 0 Å². The van der Waals surface area contributed by atoms with Crippen molar-refractivity contribution >= 4 is 23.6 Å². The number of nitrogens with one attached hydrogen (secondary N) is 1. The summed E-state index contributed by atoms with van der Waals surface area (Å²) in [6.45, 7) is 3.98. The number of thiazole rings is 1. The molecule has 0 aromatic carbocycles. The number of hydrazone groups is 1. The average Bonchev–Trinajstić information content (AvgIpc) is 2.98. The highest BCUT2D eigenvalue weighted by Crippen LogP contribution is 2.20. The third-order valence-electron chi connectivity index (χ3n) is 2.63. The molecule has 100 valence electrons. The Labute approximate surface area is 114 Å². The Kier molecular flexibility index (Phi) is 3.96. The van der Waals surface area contributed by atoms with E-state index in [9.17, 15) is 4.79 Å². The predicted molar refractivity (Wildman–Crippen MR) is 74.0 cm³/mol. The average molecular weight is 278 g/mol. The molecule has 0 saturated carbocycles. The van der Waals surface area contributed by atoms with Crippen molar-refractivity contribution in [2.45, 2.75) is 13.8 Å². The van der Waals surface area contributed by atoms with Crippen LogP contribution in [-0.2, 0) is 4.74 Å². The Balaban J connectivity index is 2.25. The van der Waals surface area contributed by atoms with Crippen LogP contribution in [0.1, 0.15) is 17.0 Å². The van der Waals surface area contributed by atoms with Crippen LogP contribution in [0.4, 0.5) is 4.79 Å². The second-order valence-electron chi connectivity index (χ2n) is 3.84. The molecule has 6 nitrogen and oxygen atoms in total. The third kappa shape index (κ3) is 2.82. The van der Waals surface area contributed by atoms with E-state index in [0.29, 0.717) is 0 Å². The number of carbonyl (C=O) groups excluding carboxylic acids is 1. The Morgan fingerprint density at radius 1 is 1.58 bits per heavy atom. The number of aryl methyl sites for hydroxylation is 1. The molecule has 0 aliphatic rings. The number of nitrogens with zero attached hydrogens (tertiary/aromatic N) is 3. The van der Waals surface area contributed by atoms with Crippen LogP contribution in [0.5, 0.6) is 0 Å². The molecule has 19 heavy (non-hydrogen) atoms. The maximum absolute atomic E-state index is 10.9. The number of aromatic nitrogens is 2. The van der Waals surface area contributed by atoms with Crippen molar-refractivity contribution in [2.24, 2.45) is 5.10 Å². The number of hydrogen-bond acceptors (Lipinski definition) is 5. The quantitative estimate of drug-likeness (QED) is 0.691. The monoisotopic (exact) mass is 278 g/mol. The minimum Gasteiger partial charge on any atom is -0.452 e. The van der Waals surface area contributed by atoms with Gasteiger partial charge in [0, 0.05) is 28.5 Å². The van der Waals surface area contributed by atoms with Crippen LogP contribution in [0.15, 0.2) is 22.7 Å². The van der Waals surface area contributed by atoms with Gasteiger partial charge in [-0.2, -0.15) is 5.10 Å². The van der Waals surface area contributed by atoms with Crippen molar-refractivity contribution in [1.29, 1.82) is 0 Å². The molecular weight excluding hydrogens is 264 g/mol.